The molecule has 144 valence electrons. The fraction of sp³-hybridized carbons (Fsp3) is 0.0833. The second-order valence-corrected chi connectivity index (χ2v) is 7.82. The van der Waals surface area contributed by atoms with Crippen LogP contribution in [0.2, 0.25) is 0 Å². The first-order valence-corrected chi connectivity index (χ1v) is 10.1. The van der Waals surface area contributed by atoms with Crippen molar-refractivity contribution in [2.24, 2.45) is 0 Å². The highest BCUT2D eigenvalue weighted by atomic mass is 32.2. The van der Waals surface area contributed by atoms with E-state index in [1.54, 1.807) is 12.1 Å². The number of hydrogen-bond acceptors (Lipinski definition) is 3. The van der Waals surface area contributed by atoms with E-state index >= 15 is 0 Å². The molecule has 0 fully saturated rings. The molecule has 1 heterocycles. The Morgan fingerprint density at radius 2 is 1.66 bits per heavy atom. The lowest BCUT2D eigenvalue weighted by atomic mass is 10.1. The topological polar surface area (TPSA) is 42.0 Å². The Kier molecular flexibility index (Phi) is 5.58. The first-order valence-electron chi connectivity index (χ1n) is 9.24. The highest BCUT2D eigenvalue weighted by Crippen LogP contribution is 2.36. The van der Waals surface area contributed by atoms with Gasteiger partial charge in [0.05, 0.1) is 10.5 Å². The second kappa shape index (κ2) is 8.45. The number of aromatic nitrogens is 1. The Morgan fingerprint density at radius 1 is 0.966 bits per heavy atom. The van der Waals surface area contributed by atoms with Crippen molar-refractivity contribution in [3.63, 3.8) is 0 Å². The van der Waals surface area contributed by atoms with Gasteiger partial charge in [0.1, 0.15) is 11.1 Å². The number of amides is 1. The number of aryl methyl sites for hydroxylation is 1. The van der Waals surface area contributed by atoms with Gasteiger partial charge in [0, 0.05) is 11.1 Å². The molecule has 1 unspecified atom stereocenters. The van der Waals surface area contributed by atoms with E-state index in [9.17, 15) is 9.18 Å². The largest absolute Gasteiger partial charge is 0.325 e. The van der Waals surface area contributed by atoms with E-state index in [1.165, 1.54) is 23.9 Å². The average Bonchev–Trinajstić information content (AvgIpc) is 2.74. The molecule has 0 bridgehead atoms. The number of para-hydroxylation sites is 1. The average molecular weight is 402 g/mol. The molecular weight excluding hydrogens is 383 g/mol. The molecule has 0 radical (unpaired) electrons. The predicted molar refractivity (Wildman–Crippen MR) is 117 cm³/mol. The molecular formula is C24H19FN2OS. The summed E-state index contributed by atoms with van der Waals surface area (Å²) in [4.78, 5) is 17.8. The summed E-state index contributed by atoms with van der Waals surface area (Å²) in [5.74, 6) is -0.520. The minimum absolute atomic E-state index is 0.180. The van der Waals surface area contributed by atoms with Gasteiger partial charge in [-0.2, -0.15) is 0 Å². The third-order valence-electron chi connectivity index (χ3n) is 4.59. The van der Waals surface area contributed by atoms with E-state index in [-0.39, 0.29) is 11.7 Å². The Labute approximate surface area is 173 Å². The first kappa shape index (κ1) is 19.2. The molecule has 3 aromatic carbocycles. The number of pyridine rings is 1. The van der Waals surface area contributed by atoms with Crippen molar-refractivity contribution in [2.75, 3.05) is 5.32 Å². The summed E-state index contributed by atoms with van der Waals surface area (Å²) in [5, 5.41) is 4.28. The summed E-state index contributed by atoms with van der Waals surface area (Å²) in [6, 6.07) is 25.3. The van der Waals surface area contributed by atoms with Crippen LogP contribution in [0, 0.1) is 12.7 Å². The Balaban J connectivity index is 1.66. The van der Waals surface area contributed by atoms with Gasteiger partial charge in [0.25, 0.3) is 0 Å². The van der Waals surface area contributed by atoms with Crippen LogP contribution in [0.1, 0.15) is 16.4 Å². The van der Waals surface area contributed by atoms with E-state index in [0.29, 0.717) is 5.69 Å². The van der Waals surface area contributed by atoms with Crippen LogP contribution < -0.4 is 5.32 Å². The lowest BCUT2D eigenvalue weighted by Crippen LogP contribution is -2.19. The summed E-state index contributed by atoms with van der Waals surface area (Å²) in [6.07, 6.45) is 0. The predicted octanol–water partition coefficient (Wildman–Crippen LogP) is 6.15. The van der Waals surface area contributed by atoms with E-state index in [0.717, 1.165) is 27.1 Å². The molecule has 29 heavy (non-hydrogen) atoms. The number of nitrogens with zero attached hydrogens (tertiary/aromatic N) is 1. The van der Waals surface area contributed by atoms with Crippen molar-refractivity contribution in [1.82, 2.24) is 4.98 Å². The normalized spacial score (nSPS) is 11.9. The molecule has 0 saturated heterocycles. The fourth-order valence-corrected chi connectivity index (χ4v) is 4.24. The van der Waals surface area contributed by atoms with E-state index in [4.69, 9.17) is 4.98 Å². The number of thioether (sulfide) groups is 1. The van der Waals surface area contributed by atoms with Gasteiger partial charge in [0.2, 0.25) is 5.91 Å². The number of nitrogens with one attached hydrogen (secondary N) is 1. The van der Waals surface area contributed by atoms with Gasteiger partial charge in [0.15, 0.2) is 0 Å². The first-order chi connectivity index (χ1) is 14.1. The maximum absolute atomic E-state index is 13.2. The summed E-state index contributed by atoms with van der Waals surface area (Å²) in [5.41, 5.74) is 3.45. The quantitative estimate of drug-likeness (QED) is 0.407. The summed E-state index contributed by atoms with van der Waals surface area (Å²) >= 11 is 1.40. The molecule has 4 aromatic rings. The smallest absolute Gasteiger partial charge is 0.242 e. The van der Waals surface area contributed by atoms with Crippen molar-refractivity contribution in [2.45, 2.75) is 17.2 Å². The number of carbonyl (C=O) groups excluding carboxylic acids is 1. The lowest BCUT2D eigenvalue weighted by Gasteiger charge is -2.17. The van der Waals surface area contributed by atoms with Crippen molar-refractivity contribution in [3.8, 4) is 0 Å². The zero-order valence-electron chi connectivity index (χ0n) is 15.8. The van der Waals surface area contributed by atoms with Crippen molar-refractivity contribution in [1.29, 1.82) is 0 Å². The molecule has 0 aliphatic carbocycles. The minimum Gasteiger partial charge on any atom is -0.325 e. The Bertz CT molecular complexity index is 1150. The van der Waals surface area contributed by atoms with Gasteiger partial charge in [-0.1, -0.05) is 60.3 Å². The molecule has 1 amide bonds. The monoisotopic (exact) mass is 402 g/mol. The molecule has 4 rings (SSSR count). The van der Waals surface area contributed by atoms with Crippen LogP contribution in [0.25, 0.3) is 10.9 Å². The van der Waals surface area contributed by atoms with Crippen LogP contribution in [0.4, 0.5) is 10.1 Å². The Morgan fingerprint density at radius 3 is 2.41 bits per heavy atom. The SMILES string of the molecule is Cc1cc(SC(C(=O)Nc2ccc(F)cc2)c2ccccc2)nc2ccccc12. The molecule has 1 aromatic heterocycles. The van der Waals surface area contributed by atoms with Crippen LogP contribution in [0.3, 0.4) is 0 Å². The summed E-state index contributed by atoms with van der Waals surface area (Å²) in [7, 11) is 0. The third-order valence-corrected chi connectivity index (χ3v) is 5.76. The van der Waals surface area contributed by atoms with Crippen LogP contribution in [-0.4, -0.2) is 10.9 Å². The second-order valence-electron chi connectivity index (χ2n) is 6.70. The van der Waals surface area contributed by atoms with Gasteiger partial charge in [-0.05, 0) is 54.4 Å². The van der Waals surface area contributed by atoms with Gasteiger partial charge >= 0.3 is 0 Å². The number of hydrogen-bond donors (Lipinski definition) is 1. The zero-order chi connectivity index (χ0) is 20.2. The molecule has 1 N–H and O–H groups in total. The maximum Gasteiger partial charge on any atom is 0.242 e. The summed E-state index contributed by atoms with van der Waals surface area (Å²) in [6.45, 7) is 2.05. The van der Waals surface area contributed by atoms with Gasteiger partial charge in [-0.15, -0.1) is 0 Å². The van der Waals surface area contributed by atoms with Crippen molar-refractivity contribution in [3.05, 3.63) is 102 Å². The van der Waals surface area contributed by atoms with E-state index in [2.05, 4.69) is 5.32 Å². The molecule has 0 saturated carbocycles. The minimum atomic E-state index is -0.491. The maximum atomic E-state index is 13.2. The number of rotatable bonds is 5. The third kappa shape index (κ3) is 4.46. The fourth-order valence-electron chi connectivity index (χ4n) is 3.14. The Hall–Kier alpha value is -3.18. The van der Waals surface area contributed by atoms with Crippen LogP contribution >= 0.6 is 11.8 Å². The number of anilines is 1. The molecule has 3 nitrogen and oxygen atoms in total. The van der Waals surface area contributed by atoms with Crippen molar-refractivity contribution >= 4 is 34.3 Å². The number of halogens is 1. The van der Waals surface area contributed by atoms with Gasteiger partial charge in [-0.25, -0.2) is 9.37 Å². The zero-order valence-corrected chi connectivity index (χ0v) is 16.6. The molecule has 0 spiro atoms. The lowest BCUT2D eigenvalue weighted by molar-refractivity contribution is -0.115. The van der Waals surface area contributed by atoms with Crippen LogP contribution in [0.5, 0.6) is 0 Å². The number of carbonyl (C=O) groups is 1. The van der Waals surface area contributed by atoms with Gasteiger partial charge in [-0.3, -0.25) is 4.79 Å². The highest BCUT2D eigenvalue weighted by molar-refractivity contribution is 8.00. The molecule has 0 aliphatic heterocycles. The van der Waals surface area contributed by atoms with Crippen LogP contribution in [0.15, 0.2) is 90.0 Å². The molecule has 1 atom stereocenters. The van der Waals surface area contributed by atoms with E-state index in [1.807, 2.05) is 67.6 Å². The number of fused-ring (bicyclic) bond motifs is 1. The molecule has 0 aliphatic rings. The van der Waals surface area contributed by atoms with Crippen LogP contribution in [-0.2, 0) is 4.79 Å². The number of benzene rings is 3. The summed E-state index contributed by atoms with van der Waals surface area (Å²) < 4.78 is 13.2. The van der Waals surface area contributed by atoms with Gasteiger partial charge < -0.3 is 5.32 Å². The van der Waals surface area contributed by atoms with Crippen molar-refractivity contribution < 1.29 is 9.18 Å². The highest BCUT2D eigenvalue weighted by Gasteiger charge is 2.23. The van der Waals surface area contributed by atoms with E-state index < -0.39 is 5.25 Å². The molecule has 5 heteroatoms. The standard InChI is InChI=1S/C24H19FN2OS/c1-16-15-22(27-21-10-6-5-9-20(16)21)29-23(17-7-3-2-4-8-17)24(28)26-19-13-11-18(25)12-14-19/h2-15,23H,1H3,(H,26,28).